The van der Waals surface area contributed by atoms with Gasteiger partial charge in [0.25, 0.3) is 0 Å². The summed E-state index contributed by atoms with van der Waals surface area (Å²) in [5, 5.41) is 0. The van der Waals surface area contributed by atoms with Crippen LogP contribution in [0.5, 0.6) is 5.75 Å². The average Bonchev–Trinajstić information content (AvgIpc) is 3.08. The van der Waals surface area contributed by atoms with Crippen LogP contribution in [-0.2, 0) is 14.3 Å². The lowest BCUT2D eigenvalue weighted by Crippen LogP contribution is -2.09. The summed E-state index contributed by atoms with van der Waals surface area (Å²) in [6.45, 7) is 0. The van der Waals surface area contributed by atoms with Crippen LogP contribution < -0.4 is 4.74 Å². The standard InChI is InChI=1S/C11H11BrO4/c1-14-8-4-3-6(12)5-7(8)9-10(16-9)11(13)15-2/h3-5,9-10H,1-2H3/t9-,10+/m1/s1. The Labute approximate surface area is 102 Å². The lowest BCUT2D eigenvalue weighted by molar-refractivity contribution is -0.142. The Kier molecular flexibility index (Phi) is 3.16. The zero-order chi connectivity index (χ0) is 11.7. The van der Waals surface area contributed by atoms with E-state index in [-0.39, 0.29) is 12.1 Å². The van der Waals surface area contributed by atoms with Crippen molar-refractivity contribution in [1.82, 2.24) is 0 Å². The summed E-state index contributed by atoms with van der Waals surface area (Å²) in [7, 11) is 2.93. The van der Waals surface area contributed by atoms with Crippen molar-refractivity contribution in [2.45, 2.75) is 12.2 Å². The zero-order valence-electron chi connectivity index (χ0n) is 8.90. The predicted molar refractivity (Wildman–Crippen MR) is 60.3 cm³/mol. The van der Waals surface area contributed by atoms with Crippen LogP contribution in [0.25, 0.3) is 0 Å². The summed E-state index contributed by atoms with van der Waals surface area (Å²) >= 11 is 3.37. The van der Waals surface area contributed by atoms with Crippen molar-refractivity contribution in [3.8, 4) is 5.75 Å². The minimum atomic E-state index is -0.506. The first kappa shape index (κ1) is 11.4. The number of ether oxygens (including phenoxy) is 3. The van der Waals surface area contributed by atoms with E-state index in [0.717, 1.165) is 10.0 Å². The van der Waals surface area contributed by atoms with Gasteiger partial charge in [-0.1, -0.05) is 15.9 Å². The highest BCUT2D eigenvalue weighted by Crippen LogP contribution is 2.44. The third-order valence-corrected chi connectivity index (χ3v) is 2.92. The third-order valence-electron chi connectivity index (χ3n) is 2.42. The maximum Gasteiger partial charge on any atom is 0.338 e. The van der Waals surface area contributed by atoms with Crippen LogP contribution in [0.3, 0.4) is 0 Å². The van der Waals surface area contributed by atoms with E-state index in [4.69, 9.17) is 9.47 Å². The lowest BCUT2D eigenvalue weighted by atomic mass is 10.1. The van der Waals surface area contributed by atoms with Crippen LogP contribution in [0, 0.1) is 0 Å². The molecule has 0 aromatic heterocycles. The summed E-state index contributed by atoms with van der Waals surface area (Å²) in [5.74, 6) is 0.353. The SMILES string of the molecule is COC(=O)[C@H]1O[C@@H]1c1cc(Br)ccc1OC. The van der Waals surface area contributed by atoms with Gasteiger partial charge in [0.15, 0.2) is 6.10 Å². The second-order valence-electron chi connectivity index (χ2n) is 3.39. The van der Waals surface area contributed by atoms with Crippen molar-refractivity contribution in [3.63, 3.8) is 0 Å². The summed E-state index contributed by atoms with van der Waals surface area (Å²) in [6.07, 6.45) is -0.770. The molecule has 0 spiro atoms. The molecule has 2 rings (SSSR count). The number of rotatable bonds is 3. The van der Waals surface area contributed by atoms with Gasteiger partial charge < -0.3 is 14.2 Å². The Bertz CT molecular complexity index is 418. The summed E-state index contributed by atoms with van der Waals surface area (Å²) in [6, 6.07) is 5.58. The van der Waals surface area contributed by atoms with E-state index in [9.17, 15) is 4.79 Å². The molecule has 1 aromatic carbocycles. The first-order valence-corrected chi connectivity index (χ1v) is 5.53. The second-order valence-corrected chi connectivity index (χ2v) is 4.30. The Morgan fingerprint density at radius 1 is 1.44 bits per heavy atom. The normalized spacial score (nSPS) is 22.7. The largest absolute Gasteiger partial charge is 0.496 e. The van der Waals surface area contributed by atoms with Crippen LogP contribution in [0.2, 0.25) is 0 Å². The molecule has 1 aliphatic heterocycles. The quantitative estimate of drug-likeness (QED) is 0.630. The smallest absolute Gasteiger partial charge is 0.338 e. The van der Waals surface area contributed by atoms with E-state index < -0.39 is 6.10 Å². The second kappa shape index (κ2) is 4.43. The topological polar surface area (TPSA) is 48.1 Å². The molecule has 2 atom stereocenters. The van der Waals surface area contributed by atoms with Gasteiger partial charge in [-0.05, 0) is 18.2 Å². The van der Waals surface area contributed by atoms with E-state index in [2.05, 4.69) is 20.7 Å². The molecule has 0 bridgehead atoms. The Morgan fingerprint density at radius 2 is 2.19 bits per heavy atom. The molecule has 1 aromatic rings. The Morgan fingerprint density at radius 3 is 2.81 bits per heavy atom. The van der Waals surface area contributed by atoms with Crippen molar-refractivity contribution in [2.75, 3.05) is 14.2 Å². The number of benzene rings is 1. The molecule has 4 nitrogen and oxygen atoms in total. The van der Waals surface area contributed by atoms with E-state index in [0.29, 0.717) is 5.75 Å². The van der Waals surface area contributed by atoms with Crippen LogP contribution in [0.15, 0.2) is 22.7 Å². The number of carbonyl (C=O) groups is 1. The van der Waals surface area contributed by atoms with E-state index in [1.165, 1.54) is 7.11 Å². The highest BCUT2D eigenvalue weighted by molar-refractivity contribution is 9.10. The van der Waals surface area contributed by atoms with Gasteiger partial charge in [0.2, 0.25) is 0 Å². The lowest BCUT2D eigenvalue weighted by Gasteiger charge is -2.06. The number of carbonyl (C=O) groups excluding carboxylic acids is 1. The van der Waals surface area contributed by atoms with Crippen molar-refractivity contribution >= 4 is 21.9 Å². The van der Waals surface area contributed by atoms with E-state index in [1.807, 2.05) is 18.2 Å². The number of epoxide rings is 1. The first-order chi connectivity index (χ1) is 7.67. The maximum atomic E-state index is 11.2. The third kappa shape index (κ3) is 2.05. The molecule has 1 fully saturated rings. The molecule has 0 aliphatic carbocycles. The van der Waals surface area contributed by atoms with Gasteiger partial charge in [-0.15, -0.1) is 0 Å². The van der Waals surface area contributed by atoms with Gasteiger partial charge >= 0.3 is 5.97 Å². The van der Waals surface area contributed by atoms with Crippen LogP contribution >= 0.6 is 15.9 Å². The Hall–Kier alpha value is -1.07. The van der Waals surface area contributed by atoms with Crippen molar-refractivity contribution in [3.05, 3.63) is 28.2 Å². The van der Waals surface area contributed by atoms with Gasteiger partial charge in [0.05, 0.1) is 14.2 Å². The highest BCUT2D eigenvalue weighted by atomic mass is 79.9. The minimum absolute atomic E-state index is 0.264. The van der Waals surface area contributed by atoms with E-state index in [1.54, 1.807) is 7.11 Å². The monoisotopic (exact) mass is 286 g/mol. The van der Waals surface area contributed by atoms with Gasteiger partial charge in [-0.2, -0.15) is 0 Å². The van der Waals surface area contributed by atoms with Gasteiger partial charge in [-0.25, -0.2) is 4.79 Å². The maximum absolute atomic E-state index is 11.2. The van der Waals surface area contributed by atoms with Crippen molar-refractivity contribution < 1.29 is 19.0 Å². The molecule has 1 aliphatic rings. The van der Waals surface area contributed by atoms with Crippen LogP contribution in [0.4, 0.5) is 0 Å². The fraction of sp³-hybridized carbons (Fsp3) is 0.364. The van der Waals surface area contributed by atoms with Gasteiger partial charge in [0, 0.05) is 10.0 Å². The number of methoxy groups -OCH3 is 2. The number of esters is 1. The molecule has 0 N–H and O–H groups in total. The molecule has 0 amide bonds. The van der Waals surface area contributed by atoms with Gasteiger partial charge in [0.1, 0.15) is 11.9 Å². The molecule has 5 heteroatoms. The molecule has 16 heavy (non-hydrogen) atoms. The fourth-order valence-electron chi connectivity index (χ4n) is 1.57. The first-order valence-electron chi connectivity index (χ1n) is 4.74. The molecule has 0 saturated carbocycles. The molecular weight excluding hydrogens is 276 g/mol. The average molecular weight is 287 g/mol. The number of halogens is 1. The Balaban J connectivity index is 2.22. The predicted octanol–water partition coefficient (Wildman–Crippen LogP) is 2.07. The molecule has 0 unspecified atom stereocenters. The van der Waals surface area contributed by atoms with Crippen molar-refractivity contribution in [2.24, 2.45) is 0 Å². The zero-order valence-corrected chi connectivity index (χ0v) is 10.5. The summed E-state index contributed by atoms with van der Waals surface area (Å²) in [4.78, 5) is 11.2. The number of hydrogen-bond donors (Lipinski definition) is 0. The summed E-state index contributed by atoms with van der Waals surface area (Å²) < 4.78 is 16.0. The van der Waals surface area contributed by atoms with Crippen LogP contribution in [0.1, 0.15) is 11.7 Å². The highest BCUT2D eigenvalue weighted by Gasteiger charge is 2.48. The number of hydrogen-bond acceptors (Lipinski definition) is 4. The van der Waals surface area contributed by atoms with E-state index >= 15 is 0 Å². The summed E-state index contributed by atoms with van der Waals surface area (Å²) in [5.41, 5.74) is 0.854. The minimum Gasteiger partial charge on any atom is -0.496 e. The fourth-order valence-corrected chi connectivity index (χ4v) is 1.95. The van der Waals surface area contributed by atoms with Crippen LogP contribution in [-0.4, -0.2) is 26.3 Å². The van der Waals surface area contributed by atoms with Crippen molar-refractivity contribution in [1.29, 1.82) is 0 Å². The molecular formula is C11H11BrO4. The van der Waals surface area contributed by atoms with Gasteiger partial charge in [-0.3, -0.25) is 0 Å². The molecule has 0 radical (unpaired) electrons. The molecule has 1 saturated heterocycles. The molecule has 86 valence electrons. The molecule has 1 heterocycles.